The number of epoxide rings is 1. The van der Waals surface area contributed by atoms with E-state index in [0.29, 0.717) is 0 Å². The van der Waals surface area contributed by atoms with E-state index in [9.17, 15) is 10.2 Å². The molecule has 0 aromatic heterocycles. The molecule has 2 aliphatic heterocycles. The zero-order valence-corrected chi connectivity index (χ0v) is 8.08. The van der Waals surface area contributed by atoms with Gasteiger partial charge in [0, 0.05) is 0 Å². The Morgan fingerprint density at radius 1 is 0.857 bits per heavy atom. The lowest BCUT2D eigenvalue weighted by Crippen LogP contribution is -2.52. The average molecular weight is 202 g/mol. The first-order valence-electron chi connectivity index (χ1n) is 4.87. The maximum atomic E-state index is 9.74. The van der Waals surface area contributed by atoms with Gasteiger partial charge in [0.2, 0.25) is 0 Å². The van der Waals surface area contributed by atoms with Crippen LogP contribution in [-0.2, 0) is 14.2 Å². The Morgan fingerprint density at radius 3 is 2.14 bits per heavy atom. The highest BCUT2D eigenvalue weighted by Gasteiger charge is 2.65. The number of rotatable bonds is 0. The van der Waals surface area contributed by atoms with Gasteiger partial charge in [-0.3, -0.25) is 0 Å². The lowest BCUT2D eigenvalue weighted by Gasteiger charge is -2.28. The van der Waals surface area contributed by atoms with E-state index in [1.54, 1.807) is 13.8 Å². The molecule has 3 rings (SSSR count). The van der Waals surface area contributed by atoms with Crippen molar-refractivity contribution in [3.05, 3.63) is 0 Å². The molecule has 2 N–H and O–H groups in total. The number of fused-ring (bicyclic) bond motifs is 3. The maximum Gasteiger partial charge on any atom is 0.164 e. The molecule has 5 heteroatoms. The van der Waals surface area contributed by atoms with Gasteiger partial charge in [-0.15, -0.1) is 0 Å². The molecular formula is C9H14O5. The minimum absolute atomic E-state index is 0.111. The van der Waals surface area contributed by atoms with Crippen molar-refractivity contribution in [3.8, 4) is 0 Å². The van der Waals surface area contributed by atoms with Crippen LogP contribution in [0.1, 0.15) is 13.8 Å². The first-order valence-corrected chi connectivity index (χ1v) is 4.87. The fourth-order valence-corrected chi connectivity index (χ4v) is 2.40. The van der Waals surface area contributed by atoms with Crippen LogP contribution in [0.25, 0.3) is 0 Å². The van der Waals surface area contributed by atoms with Gasteiger partial charge < -0.3 is 24.4 Å². The predicted octanol–water partition coefficient (Wildman–Crippen LogP) is -0.991. The van der Waals surface area contributed by atoms with Crippen LogP contribution in [0.4, 0.5) is 0 Å². The van der Waals surface area contributed by atoms with Crippen LogP contribution in [0.2, 0.25) is 0 Å². The summed E-state index contributed by atoms with van der Waals surface area (Å²) in [5.74, 6) is -0.698. The number of aliphatic hydroxyl groups is 2. The van der Waals surface area contributed by atoms with Crippen LogP contribution in [-0.4, -0.2) is 52.6 Å². The molecule has 0 bridgehead atoms. The van der Waals surface area contributed by atoms with Gasteiger partial charge in [-0.05, 0) is 13.8 Å². The van der Waals surface area contributed by atoms with Crippen molar-refractivity contribution in [2.75, 3.05) is 0 Å². The Hall–Kier alpha value is -0.200. The third-order valence-electron chi connectivity index (χ3n) is 3.07. The summed E-state index contributed by atoms with van der Waals surface area (Å²) in [5.41, 5.74) is 0. The van der Waals surface area contributed by atoms with Gasteiger partial charge in [-0.1, -0.05) is 0 Å². The normalized spacial score (nSPS) is 59.1. The van der Waals surface area contributed by atoms with Crippen molar-refractivity contribution in [2.45, 2.75) is 56.3 Å². The van der Waals surface area contributed by atoms with Crippen LogP contribution in [0.5, 0.6) is 0 Å². The van der Waals surface area contributed by atoms with Gasteiger partial charge in [-0.2, -0.15) is 0 Å². The molecule has 0 aromatic carbocycles. The molecule has 3 aliphatic rings. The first-order chi connectivity index (χ1) is 6.49. The van der Waals surface area contributed by atoms with E-state index in [1.807, 2.05) is 0 Å². The molecule has 6 atom stereocenters. The van der Waals surface area contributed by atoms with E-state index in [2.05, 4.69) is 0 Å². The average Bonchev–Trinajstić information content (AvgIpc) is 2.81. The van der Waals surface area contributed by atoms with Gasteiger partial charge in [-0.25, -0.2) is 0 Å². The van der Waals surface area contributed by atoms with E-state index in [1.165, 1.54) is 0 Å². The Labute approximate surface area is 81.6 Å². The molecular weight excluding hydrogens is 188 g/mol. The molecule has 2 heterocycles. The van der Waals surface area contributed by atoms with Crippen LogP contribution in [0.15, 0.2) is 0 Å². The second kappa shape index (κ2) is 2.48. The quantitative estimate of drug-likeness (QED) is 0.493. The standard InChI is InChI=1S/C9H14O5/c1-9(2)13-6-4(11)3(10)5-7(12-5)8(6)14-9/h3-8,10-11H,1-2H3/t3-,4-,5+,6+,7+,8+/m1/s1. The second-order valence-electron chi connectivity index (χ2n) is 4.61. The van der Waals surface area contributed by atoms with Crippen LogP contribution in [0.3, 0.4) is 0 Å². The molecule has 1 aliphatic carbocycles. The van der Waals surface area contributed by atoms with E-state index in [0.717, 1.165) is 0 Å². The third-order valence-corrected chi connectivity index (χ3v) is 3.07. The van der Waals surface area contributed by atoms with Gasteiger partial charge in [0.15, 0.2) is 5.79 Å². The number of aliphatic hydroxyl groups excluding tert-OH is 2. The number of ether oxygens (including phenoxy) is 3. The van der Waals surface area contributed by atoms with E-state index >= 15 is 0 Å². The monoisotopic (exact) mass is 202 g/mol. The van der Waals surface area contributed by atoms with Gasteiger partial charge in [0.25, 0.3) is 0 Å². The number of hydrogen-bond acceptors (Lipinski definition) is 5. The molecule has 0 radical (unpaired) electrons. The van der Waals surface area contributed by atoms with E-state index < -0.39 is 24.1 Å². The summed E-state index contributed by atoms with van der Waals surface area (Å²) in [6.07, 6.45) is -2.86. The van der Waals surface area contributed by atoms with Gasteiger partial charge in [0.1, 0.15) is 36.6 Å². The Kier molecular flexibility index (Phi) is 1.61. The Morgan fingerprint density at radius 2 is 1.43 bits per heavy atom. The van der Waals surface area contributed by atoms with Crippen LogP contribution >= 0.6 is 0 Å². The summed E-state index contributed by atoms with van der Waals surface area (Å²) in [5, 5.41) is 19.3. The molecule has 0 amide bonds. The van der Waals surface area contributed by atoms with Crippen molar-refractivity contribution < 1.29 is 24.4 Å². The summed E-state index contributed by atoms with van der Waals surface area (Å²) in [6, 6.07) is 0. The summed E-state index contributed by atoms with van der Waals surface area (Å²) >= 11 is 0. The maximum absolute atomic E-state index is 9.74. The minimum atomic E-state index is -0.912. The summed E-state index contributed by atoms with van der Waals surface area (Å²) in [6.45, 7) is 3.59. The molecule has 2 saturated heterocycles. The lowest BCUT2D eigenvalue weighted by molar-refractivity contribution is -0.162. The first kappa shape index (κ1) is 9.06. The fraction of sp³-hybridized carbons (Fsp3) is 1.00. The van der Waals surface area contributed by atoms with Crippen molar-refractivity contribution in [1.29, 1.82) is 0 Å². The molecule has 0 aromatic rings. The fourth-order valence-electron chi connectivity index (χ4n) is 2.40. The third kappa shape index (κ3) is 1.07. The number of hydrogen-bond donors (Lipinski definition) is 2. The largest absolute Gasteiger partial charge is 0.387 e. The highest BCUT2D eigenvalue weighted by molar-refractivity contribution is 5.11. The lowest BCUT2D eigenvalue weighted by atomic mass is 9.90. The molecule has 80 valence electrons. The van der Waals surface area contributed by atoms with Crippen molar-refractivity contribution in [2.24, 2.45) is 0 Å². The highest BCUT2D eigenvalue weighted by atomic mass is 16.8. The molecule has 0 spiro atoms. The highest BCUT2D eigenvalue weighted by Crippen LogP contribution is 2.46. The SMILES string of the molecule is CC1(C)O[C@@H]2[C@H]3O[C@H]3[C@H](O)[C@@H](O)[C@@H]2O1. The summed E-state index contributed by atoms with van der Waals surface area (Å²) < 4.78 is 16.4. The molecule has 0 unspecified atom stereocenters. The Bertz CT molecular complexity index is 266. The van der Waals surface area contributed by atoms with Crippen molar-refractivity contribution in [1.82, 2.24) is 0 Å². The molecule has 14 heavy (non-hydrogen) atoms. The zero-order chi connectivity index (χ0) is 10.1. The van der Waals surface area contributed by atoms with E-state index in [4.69, 9.17) is 14.2 Å². The minimum Gasteiger partial charge on any atom is -0.387 e. The Balaban J connectivity index is 1.87. The molecule has 3 fully saturated rings. The second-order valence-corrected chi connectivity index (χ2v) is 4.61. The van der Waals surface area contributed by atoms with Crippen LogP contribution in [0, 0.1) is 0 Å². The smallest absolute Gasteiger partial charge is 0.164 e. The zero-order valence-electron chi connectivity index (χ0n) is 8.08. The van der Waals surface area contributed by atoms with Gasteiger partial charge >= 0.3 is 0 Å². The predicted molar refractivity (Wildman–Crippen MR) is 44.5 cm³/mol. The summed E-state index contributed by atoms with van der Waals surface area (Å²) in [4.78, 5) is 0. The molecule has 1 saturated carbocycles. The van der Waals surface area contributed by atoms with E-state index in [-0.39, 0.29) is 18.3 Å². The summed E-state index contributed by atoms with van der Waals surface area (Å²) in [7, 11) is 0. The molecule has 5 nitrogen and oxygen atoms in total. The topological polar surface area (TPSA) is 71.5 Å². The van der Waals surface area contributed by atoms with Crippen molar-refractivity contribution >= 4 is 0 Å². The van der Waals surface area contributed by atoms with Crippen LogP contribution < -0.4 is 0 Å². The van der Waals surface area contributed by atoms with Crippen molar-refractivity contribution in [3.63, 3.8) is 0 Å². The van der Waals surface area contributed by atoms with Gasteiger partial charge in [0.05, 0.1) is 0 Å².